The van der Waals surface area contributed by atoms with Crippen LogP contribution >= 0.6 is 0 Å². The first-order valence-corrected chi connectivity index (χ1v) is 10.4. The SMILES string of the molecule is NCCCCCCCCCCN(C(=O)c1ccccc1)C(=O)c1ccccc1. The standard InChI is InChI=1S/C24H32N2O2/c25-19-13-5-3-1-2-4-6-14-20-26(23(27)21-15-9-7-10-16-21)24(28)22-17-11-8-12-18-22/h7-12,15-18H,1-6,13-14,19-20,25H2. The van der Waals surface area contributed by atoms with Crippen LogP contribution in [0.15, 0.2) is 60.7 Å². The first-order chi connectivity index (χ1) is 13.7. The minimum absolute atomic E-state index is 0.226. The van der Waals surface area contributed by atoms with Crippen molar-refractivity contribution in [1.82, 2.24) is 4.90 Å². The third-order valence-corrected chi connectivity index (χ3v) is 4.87. The molecule has 4 heteroatoms. The summed E-state index contributed by atoms with van der Waals surface area (Å²) in [6.07, 6.45) is 8.98. The highest BCUT2D eigenvalue weighted by molar-refractivity contribution is 6.10. The van der Waals surface area contributed by atoms with Gasteiger partial charge in [-0.2, -0.15) is 0 Å². The highest BCUT2D eigenvalue weighted by Gasteiger charge is 2.23. The lowest BCUT2D eigenvalue weighted by atomic mass is 10.1. The van der Waals surface area contributed by atoms with E-state index in [0.29, 0.717) is 17.7 Å². The highest BCUT2D eigenvalue weighted by Crippen LogP contribution is 2.14. The molecule has 2 rings (SSSR count). The van der Waals surface area contributed by atoms with E-state index >= 15 is 0 Å². The molecule has 0 radical (unpaired) electrons. The van der Waals surface area contributed by atoms with Crippen molar-refractivity contribution in [3.8, 4) is 0 Å². The molecule has 2 amide bonds. The Kier molecular flexibility index (Phi) is 10.0. The van der Waals surface area contributed by atoms with Gasteiger partial charge in [-0.3, -0.25) is 14.5 Å². The van der Waals surface area contributed by atoms with Gasteiger partial charge in [-0.05, 0) is 43.7 Å². The van der Waals surface area contributed by atoms with Gasteiger partial charge >= 0.3 is 0 Å². The van der Waals surface area contributed by atoms with Gasteiger partial charge < -0.3 is 5.73 Å². The van der Waals surface area contributed by atoms with Crippen molar-refractivity contribution in [2.75, 3.05) is 13.1 Å². The predicted molar refractivity (Wildman–Crippen MR) is 114 cm³/mol. The van der Waals surface area contributed by atoms with Gasteiger partial charge in [-0.15, -0.1) is 0 Å². The Hall–Kier alpha value is -2.46. The number of carbonyl (C=O) groups excluding carboxylic acids is 2. The topological polar surface area (TPSA) is 63.4 Å². The van der Waals surface area contributed by atoms with Crippen molar-refractivity contribution in [3.63, 3.8) is 0 Å². The number of hydrogen-bond acceptors (Lipinski definition) is 3. The van der Waals surface area contributed by atoms with Crippen LogP contribution in [-0.2, 0) is 0 Å². The molecular formula is C24H32N2O2. The maximum Gasteiger partial charge on any atom is 0.260 e. The number of amides is 2. The van der Waals surface area contributed by atoms with E-state index in [1.54, 1.807) is 24.3 Å². The van der Waals surface area contributed by atoms with E-state index in [1.807, 2.05) is 36.4 Å². The molecular weight excluding hydrogens is 348 g/mol. The van der Waals surface area contributed by atoms with Gasteiger partial charge in [-0.25, -0.2) is 0 Å². The summed E-state index contributed by atoms with van der Waals surface area (Å²) in [6.45, 7) is 1.23. The molecule has 2 aromatic carbocycles. The number of nitrogens with two attached hydrogens (primary N) is 1. The molecule has 0 aromatic heterocycles. The molecule has 4 nitrogen and oxygen atoms in total. The molecule has 0 saturated carbocycles. The lowest BCUT2D eigenvalue weighted by molar-refractivity contribution is 0.0613. The molecule has 0 atom stereocenters. The third-order valence-electron chi connectivity index (χ3n) is 4.87. The summed E-state index contributed by atoms with van der Waals surface area (Å²) in [4.78, 5) is 27.2. The Balaban J connectivity index is 1.88. The van der Waals surface area contributed by atoms with Crippen molar-refractivity contribution in [2.24, 2.45) is 5.73 Å². The molecule has 0 aliphatic rings. The van der Waals surface area contributed by atoms with E-state index in [-0.39, 0.29) is 11.8 Å². The highest BCUT2D eigenvalue weighted by atomic mass is 16.2. The van der Waals surface area contributed by atoms with Gasteiger partial charge in [0, 0.05) is 17.7 Å². The summed E-state index contributed by atoms with van der Waals surface area (Å²) >= 11 is 0. The molecule has 0 unspecified atom stereocenters. The number of nitrogens with zero attached hydrogens (tertiary/aromatic N) is 1. The summed E-state index contributed by atoms with van der Waals surface area (Å²) in [6, 6.07) is 18.1. The van der Waals surface area contributed by atoms with Crippen LogP contribution in [0.1, 0.15) is 72.1 Å². The number of benzene rings is 2. The Morgan fingerprint density at radius 1 is 0.607 bits per heavy atom. The molecule has 0 saturated heterocycles. The van der Waals surface area contributed by atoms with Crippen LogP contribution in [0.3, 0.4) is 0 Å². The fourth-order valence-corrected chi connectivity index (χ4v) is 3.24. The second-order valence-electron chi connectivity index (χ2n) is 7.11. The van der Waals surface area contributed by atoms with Crippen LogP contribution in [0.25, 0.3) is 0 Å². The average Bonchev–Trinajstić information content (AvgIpc) is 2.75. The second-order valence-corrected chi connectivity index (χ2v) is 7.11. The van der Waals surface area contributed by atoms with Gasteiger partial charge in [0.2, 0.25) is 0 Å². The van der Waals surface area contributed by atoms with Crippen LogP contribution < -0.4 is 5.73 Å². The number of hydrogen-bond donors (Lipinski definition) is 1. The Bertz CT molecular complexity index is 650. The minimum atomic E-state index is -0.226. The van der Waals surface area contributed by atoms with Crippen LogP contribution in [0.4, 0.5) is 0 Å². The van der Waals surface area contributed by atoms with Crippen molar-refractivity contribution < 1.29 is 9.59 Å². The molecule has 2 N–H and O–H groups in total. The Morgan fingerprint density at radius 3 is 1.43 bits per heavy atom. The lowest BCUT2D eigenvalue weighted by Gasteiger charge is -2.21. The van der Waals surface area contributed by atoms with E-state index in [2.05, 4.69) is 0 Å². The lowest BCUT2D eigenvalue weighted by Crippen LogP contribution is -2.37. The van der Waals surface area contributed by atoms with E-state index in [9.17, 15) is 9.59 Å². The molecule has 0 fully saturated rings. The fourth-order valence-electron chi connectivity index (χ4n) is 3.24. The van der Waals surface area contributed by atoms with Crippen LogP contribution in [0, 0.1) is 0 Å². The summed E-state index contributed by atoms with van der Waals surface area (Å²) in [5.41, 5.74) is 6.61. The number of rotatable bonds is 12. The maximum atomic E-state index is 12.9. The predicted octanol–water partition coefficient (Wildman–Crippen LogP) is 5.05. The van der Waals surface area contributed by atoms with E-state index in [1.165, 1.54) is 30.6 Å². The summed E-state index contributed by atoms with van der Waals surface area (Å²) in [5.74, 6) is -0.451. The van der Waals surface area contributed by atoms with E-state index in [4.69, 9.17) is 5.73 Å². The maximum absolute atomic E-state index is 12.9. The Morgan fingerprint density at radius 2 is 1.00 bits per heavy atom. The normalized spacial score (nSPS) is 10.6. The van der Waals surface area contributed by atoms with Gasteiger partial charge in [0.1, 0.15) is 0 Å². The molecule has 0 heterocycles. The van der Waals surface area contributed by atoms with Gasteiger partial charge in [0.25, 0.3) is 11.8 Å². The summed E-state index contributed by atoms with van der Waals surface area (Å²) < 4.78 is 0. The first-order valence-electron chi connectivity index (χ1n) is 10.4. The Labute approximate surface area is 168 Å². The molecule has 150 valence electrons. The first kappa shape index (κ1) is 21.8. The number of imide groups is 1. The van der Waals surface area contributed by atoms with Crippen LogP contribution in [-0.4, -0.2) is 29.8 Å². The van der Waals surface area contributed by atoms with Crippen LogP contribution in [0.2, 0.25) is 0 Å². The zero-order valence-corrected chi connectivity index (χ0v) is 16.7. The van der Waals surface area contributed by atoms with Gasteiger partial charge in [0.05, 0.1) is 0 Å². The average molecular weight is 381 g/mol. The van der Waals surface area contributed by atoms with Crippen molar-refractivity contribution in [3.05, 3.63) is 71.8 Å². The second kappa shape index (κ2) is 12.8. The molecule has 0 bridgehead atoms. The molecule has 0 spiro atoms. The molecule has 0 aliphatic carbocycles. The van der Waals surface area contributed by atoms with Gasteiger partial charge in [-0.1, -0.05) is 74.9 Å². The third kappa shape index (κ3) is 7.28. The molecule has 2 aromatic rings. The van der Waals surface area contributed by atoms with Crippen molar-refractivity contribution in [1.29, 1.82) is 0 Å². The monoisotopic (exact) mass is 380 g/mol. The smallest absolute Gasteiger partial charge is 0.260 e. The fraction of sp³-hybridized carbons (Fsp3) is 0.417. The minimum Gasteiger partial charge on any atom is -0.330 e. The largest absolute Gasteiger partial charge is 0.330 e. The number of unbranched alkanes of at least 4 members (excludes halogenated alkanes) is 7. The molecule has 0 aliphatic heterocycles. The van der Waals surface area contributed by atoms with Crippen molar-refractivity contribution >= 4 is 11.8 Å². The van der Waals surface area contributed by atoms with Crippen LogP contribution in [0.5, 0.6) is 0 Å². The van der Waals surface area contributed by atoms with E-state index in [0.717, 1.165) is 32.2 Å². The zero-order valence-electron chi connectivity index (χ0n) is 16.7. The number of carbonyl (C=O) groups is 2. The zero-order chi connectivity index (χ0) is 20.0. The van der Waals surface area contributed by atoms with Gasteiger partial charge in [0.15, 0.2) is 0 Å². The molecule has 28 heavy (non-hydrogen) atoms. The summed E-state index contributed by atoms with van der Waals surface area (Å²) in [5, 5.41) is 0. The quantitative estimate of drug-likeness (QED) is 0.414. The van der Waals surface area contributed by atoms with Crippen molar-refractivity contribution in [2.45, 2.75) is 51.4 Å². The summed E-state index contributed by atoms with van der Waals surface area (Å²) in [7, 11) is 0. The van der Waals surface area contributed by atoms with E-state index < -0.39 is 0 Å².